The van der Waals surface area contributed by atoms with Gasteiger partial charge in [-0.25, -0.2) is 0 Å². The minimum atomic E-state index is 0.373. The lowest BCUT2D eigenvalue weighted by atomic mass is 10.1. The molecule has 4 heteroatoms. The highest BCUT2D eigenvalue weighted by Crippen LogP contribution is 2.59. The summed E-state index contributed by atoms with van der Waals surface area (Å²) in [5.41, 5.74) is 0.457. The molecule has 15 heavy (non-hydrogen) atoms. The molecule has 0 aromatic carbocycles. The van der Waals surface area contributed by atoms with Crippen molar-refractivity contribution in [3.05, 3.63) is 10.0 Å². The van der Waals surface area contributed by atoms with Gasteiger partial charge in [0.2, 0.25) is 0 Å². The fourth-order valence-corrected chi connectivity index (χ4v) is 3.27. The Hall–Kier alpha value is -0.480. The molecule has 1 saturated carbocycles. The minimum absolute atomic E-state index is 0.373. The van der Waals surface area contributed by atoms with Crippen LogP contribution in [-0.2, 0) is 0 Å². The highest BCUT2D eigenvalue weighted by Gasteiger charge is 2.48. The predicted octanol–water partition coefficient (Wildman–Crippen LogP) is 2.72. The normalized spacial score (nSPS) is 25.2. The van der Waals surface area contributed by atoms with E-state index in [4.69, 9.17) is 0 Å². The van der Waals surface area contributed by atoms with Gasteiger partial charge in [0.05, 0.1) is 6.04 Å². The molecule has 0 saturated heterocycles. The van der Waals surface area contributed by atoms with E-state index in [9.17, 15) is 0 Å². The van der Waals surface area contributed by atoms with Crippen LogP contribution in [0.25, 0.3) is 0 Å². The molecule has 1 fully saturated rings. The van der Waals surface area contributed by atoms with Crippen molar-refractivity contribution in [2.24, 2.45) is 5.41 Å². The fourth-order valence-electron chi connectivity index (χ4n) is 1.92. The Morgan fingerprint density at radius 3 is 2.67 bits per heavy atom. The SMILES string of the molecule is CCC(NC)c1nnc(C2CC2(C)C)s1. The van der Waals surface area contributed by atoms with Gasteiger partial charge in [-0.15, -0.1) is 10.2 Å². The van der Waals surface area contributed by atoms with Gasteiger partial charge in [-0.05, 0) is 25.3 Å². The van der Waals surface area contributed by atoms with E-state index < -0.39 is 0 Å². The predicted molar refractivity (Wildman–Crippen MR) is 63.1 cm³/mol. The Balaban J connectivity index is 2.11. The second-order valence-electron chi connectivity index (χ2n) is 4.97. The second kappa shape index (κ2) is 3.83. The zero-order valence-electron chi connectivity index (χ0n) is 9.87. The van der Waals surface area contributed by atoms with Crippen molar-refractivity contribution in [3.8, 4) is 0 Å². The molecule has 2 rings (SSSR count). The number of aromatic nitrogens is 2. The average Bonchev–Trinajstić information content (AvgIpc) is 2.65. The van der Waals surface area contributed by atoms with Crippen molar-refractivity contribution in [2.45, 2.75) is 45.6 Å². The highest BCUT2D eigenvalue weighted by molar-refractivity contribution is 7.11. The van der Waals surface area contributed by atoms with Crippen LogP contribution in [0.2, 0.25) is 0 Å². The molecule has 3 nitrogen and oxygen atoms in total. The zero-order valence-corrected chi connectivity index (χ0v) is 10.7. The van der Waals surface area contributed by atoms with Gasteiger partial charge in [0.15, 0.2) is 0 Å². The van der Waals surface area contributed by atoms with Crippen LogP contribution in [0.3, 0.4) is 0 Å². The molecule has 1 aliphatic carbocycles. The van der Waals surface area contributed by atoms with Crippen LogP contribution < -0.4 is 5.32 Å². The summed E-state index contributed by atoms with van der Waals surface area (Å²) in [6.45, 7) is 6.77. The molecule has 2 atom stereocenters. The highest BCUT2D eigenvalue weighted by atomic mass is 32.1. The van der Waals surface area contributed by atoms with Crippen LogP contribution >= 0.6 is 11.3 Å². The van der Waals surface area contributed by atoms with E-state index in [1.165, 1.54) is 11.4 Å². The van der Waals surface area contributed by atoms with Crippen LogP contribution in [-0.4, -0.2) is 17.2 Å². The number of rotatable bonds is 4. The number of hydrogen-bond donors (Lipinski definition) is 1. The fraction of sp³-hybridized carbons (Fsp3) is 0.818. The Morgan fingerprint density at radius 2 is 2.20 bits per heavy atom. The monoisotopic (exact) mass is 225 g/mol. The van der Waals surface area contributed by atoms with E-state index in [-0.39, 0.29) is 0 Å². The Bertz CT molecular complexity index is 325. The zero-order chi connectivity index (χ0) is 11.1. The van der Waals surface area contributed by atoms with E-state index in [0.29, 0.717) is 17.4 Å². The molecule has 1 N–H and O–H groups in total. The first-order valence-electron chi connectivity index (χ1n) is 5.59. The third-order valence-electron chi connectivity index (χ3n) is 3.32. The average molecular weight is 225 g/mol. The minimum Gasteiger partial charge on any atom is -0.311 e. The second-order valence-corrected chi connectivity index (χ2v) is 6.01. The van der Waals surface area contributed by atoms with Crippen molar-refractivity contribution in [3.63, 3.8) is 0 Å². The molecule has 0 amide bonds. The third kappa shape index (κ3) is 2.06. The summed E-state index contributed by atoms with van der Waals surface area (Å²) in [6.07, 6.45) is 2.33. The van der Waals surface area contributed by atoms with Gasteiger partial charge >= 0.3 is 0 Å². The number of nitrogens with one attached hydrogen (secondary N) is 1. The van der Waals surface area contributed by atoms with Crippen LogP contribution in [0.15, 0.2) is 0 Å². The molecule has 1 heterocycles. The Labute approximate surface area is 95.3 Å². The maximum Gasteiger partial charge on any atom is 0.134 e. The molecular weight excluding hydrogens is 206 g/mol. The third-order valence-corrected chi connectivity index (χ3v) is 4.47. The van der Waals surface area contributed by atoms with E-state index in [2.05, 4.69) is 36.3 Å². The lowest BCUT2D eigenvalue weighted by molar-refractivity contribution is 0.567. The molecule has 1 aliphatic rings. The Morgan fingerprint density at radius 1 is 1.53 bits per heavy atom. The molecule has 0 aliphatic heterocycles. The summed E-state index contributed by atoms with van der Waals surface area (Å²) in [7, 11) is 1.98. The first kappa shape index (κ1) is 11.0. The largest absolute Gasteiger partial charge is 0.311 e. The van der Waals surface area contributed by atoms with E-state index in [0.717, 1.165) is 11.4 Å². The summed E-state index contributed by atoms with van der Waals surface area (Å²) in [5, 5.41) is 14.2. The summed E-state index contributed by atoms with van der Waals surface area (Å²) < 4.78 is 0. The summed E-state index contributed by atoms with van der Waals surface area (Å²) in [4.78, 5) is 0. The van der Waals surface area contributed by atoms with Gasteiger partial charge in [-0.1, -0.05) is 32.1 Å². The lowest BCUT2D eigenvalue weighted by Crippen LogP contribution is -2.14. The molecule has 1 aromatic heterocycles. The van der Waals surface area contributed by atoms with Crippen LogP contribution in [0.5, 0.6) is 0 Å². The van der Waals surface area contributed by atoms with Crippen molar-refractivity contribution >= 4 is 11.3 Å². The molecule has 1 aromatic rings. The summed E-state index contributed by atoms with van der Waals surface area (Å²) in [5.74, 6) is 0.651. The van der Waals surface area contributed by atoms with E-state index >= 15 is 0 Å². The molecule has 0 bridgehead atoms. The van der Waals surface area contributed by atoms with Crippen molar-refractivity contribution in [2.75, 3.05) is 7.05 Å². The quantitative estimate of drug-likeness (QED) is 0.856. The summed E-state index contributed by atoms with van der Waals surface area (Å²) in [6, 6.07) is 0.373. The smallest absolute Gasteiger partial charge is 0.134 e. The topological polar surface area (TPSA) is 37.8 Å². The van der Waals surface area contributed by atoms with Crippen LogP contribution in [0, 0.1) is 5.41 Å². The molecule has 0 spiro atoms. The van der Waals surface area contributed by atoms with Gasteiger partial charge in [-0.3, -0.25) is 0 Å². The van der Waals surface area contributed by atoms with Crippen LogP contribution in [0.4, 0.5) is 0 Å². The van der Waals surface area contributed by atoms with Gasteiger partial charge in [0.1, 0.15) is 10.0 Å². The maximum absolute atomic E-state index is 4.32. The Kier molecular flexibility index (Phi) is 2.81. The van der Waals surface area contributed by atoms with Crippen molar-refractivity contribution < 1.29 is 0 Å². The first-order chi connectivity index (χ1) is 7.08. The molecule has 0 radical (unpaired) electrons. The van der Waals surface area contributed by atoms with Gasteiger partial charge < -0.3 is 5.32 Å². The lowest BCUT2D eigenvalue weighted by Gasteiger charge is -2.08. The maximum atomic E-state index is 4.32. The number of hydrogen-bond acceptors (Lipinski definition) is 4. The first-order valence-corrected chi connectivity index (χ1v) is 6.40. The number of nitrogens with zero attached hydrogens (tertiary/aromatic N) is 2. The summed E-state index contributed by atoms with van der Waals surface area (Å²) >= 11 is 1.78. The van der Waals surface area contributed by atoms with Gasteiger partial charge in [-0.2, -0.15) is 0 Å². The molecule has 84 valence electrons. The van der Waals surface area contributed by atoms with E-state index in [1.807, 2.05) is 7.05 Å². The van der Waals surface area contributed by atoms with Gasteiger partial charge in [0, 0.05) is 5.92 Å². The van der Waals surface area contributed by atoms with Crippen molar-refractivity contribution in [1.29, 1.82) is 0 Å². The standard InChI is InChI=1S/C11H19N3S/c1-5-8(12-4)10-14-13-9(15-10)7-6-11(7,2)3/h7-8,12H,5-6H2,1-4H3. The van der Waals surface area contributed by atoms with Crippen molar-refractivity contribution in [1.82, 2.24) is 15.5 Å². The van der Waals surface area contributed by atoms with Crippen LogP contribution in [0.1, 0.15) is 55.6 Å². The van der Waals surface area contributed by atoms with E-state index in [1.54, 1.807) is 11.3 Å². The molecular formula is C11H19N3S. The van der Waals surface area contributed by atoms with Gasteiger partial charge in [0.25, 0.3) is 0 Å². The molecule has 2 unspecified atom stereocenters.